The first-order valence-corrected chi connectivity index (χ1v) is 7.23. The molecule has 4 nitrogen and oxygen atoms in total. The number of benzene rings is 1. The average Bonchev–Trinajstić information content (AvgIpc) is 2.51. The van der Waals surface area contributed by atoms with Gasteiger partial charge in [-0.3, -0.25) is 0 Å². The van der Waals surface area contributed by atoms with E-state index < -0.39 is 6.04 Å². The minimum atomic E-state index is -0.691. The molecule has 0 aromatic heterocycles. The van der Waals surface area contributed by atoms with Gasteiger partial charge in [0.1, 0.15) is 12.6 Å². The molecule has 0 spiro atoms. The van der Waals surface area contributed by atoms with Crippen LogP contribution in [0, 0.1) is 0 Å². The lowest BCUT2D eigenvalue weighted by Gasteiger charge is -2.13. The van der Waals surface area contributed by atoms with Gasteiger partial charge in [-0.2, -0.15) is 0 Å². The van der Waals surface area contributed by atoms with E-state index in [-0.39, 0.29) is 5.97 Å². The van der Waals surface area contributed by atoms with E-state index in [0.717, 1.165) is 5.56 Å². The van der Waals surface area contributed by atoms with Gasteiger partial charge in [-0.15, -0.1) is 0 Å². The Morgan fingerprint density at radius 3 is 2.10 bits per heavy atom. The zero-order chi connectivity index (χ0) is 16.0. The van der Waals surface area contributed by atoms with Crippen LogP contribution in [0.5, 0.6) is 0 Å². The maximum Gasteiger partial charge on any atom is 0.327 e. The van der Waals surface area contributed by atoms with Crippen molar-refractivity contribution in [1.29, 1.82) is 0 Å². The molecule has 0 radical (unpaired) electrons. The fourth-order valence-corrected chi connectivity index (χ4v) is 1.22. The smallest absolute Gasteiger partial charge is 0.327 e. The maximum absolute atomic E-state index is 11.6. The van der Waals surface area contributed by atoms with Crippen LogP contribution in [0.25, 0.3) is 0 Å². The van der Waals surface area contributed by atoms with E-state index in [1.165, 1.54) is 0 Å². The van der Waals surface area contributed by atoms with E-state index >= 15 is 0 Å². The number of nitrogens with two attached hydrogens (primary N) is 1. The van der Waals surface area contributed by atoms with Crippen LogP contribution >= 0.6 is 0 Å². The molecule has 0 heterocycles. The van der Waals surface area contributed by atoms with Crippen molar-refractivity contribution in [3.05, 3.63) is 35.9 Å². The molecule has 0 saturated carbocycles. The average molecular weight is 282 g/mol. The summed E-state index contributed by atoms with van der Waals surface area (Å²) in [5, 5.41) is 0. The van der Waals surface area contributed by atoms with Crippen LogP contribution in [0.2, 0.25) is 0 Å². The second-order valence-corrected chi connectivity index (χ2v) is 3.86. The van der Waals surface area contributed by atoms with Gasteiger partial charge >= 0.3 is 5.97 Å². The first-order chi connectivity index (χ1) is 9.61. The quantitative estimate of drug-likeness (QED) is 0.844. The standard InChI is InChI=1S/C12H18N2O2.2C2H6/c1-14(2)8-9-16-12(15)11(13)10-6-4-3-5-7-10;2*1-2/h3-7,11H,8-9,13H2,1-2H3;2*1-2H3. The Balaban J connectivity index is 0. The van der Waals surface area contributed by atoms with Crippen LogP contribution in [0.4, 0.5) is 0 Å². The highest BCUT2D eigenvalue weighted by atomic mass is 16.5. The largest absolute Gasteiger partial charge is 0.463 e. The van der Waals surface area contributed by atoms with Gasteiger partial charge in [0.2, 0.25) is 0 Å². The Labute approximate surface area is 123 Å². The van der Waals surface area contributed by atoms with Crippen molar-refractivity contribution in [3.8, 4) is 0 Å². The summed E-state index contributed by atoms with van der Waals surface area (Å²) in [4.78, 5) is 13.5. The number of carbonyl (C=O) groups excluding carboxylic acids is 1. The zero-order valence-corrected chi connectivity index (χ0v) is 13.7. The Kier molecular flexibility index (Phi) is 14.7. The molecule has 116 valence electrons. The van der Waals surface area contributed by atoms with Crippen molar-refractivity contribution < 1.29 is 9.53 Å². The summed E-state index contributed by atoms with van der Waals surface area (Å²) in [5.74, 6) is -0.381. The number of rotatable bonds is 5. The molecule has 4 heteroatoms. The molecule has 1 atom stereocenters. The highest BCUT2D eigenvalue weighted by molar-refractivity contribution is 5.77. The molecular formula is C16H30N2O2. The fraction of sp³-hybridized carbons (Fsp3) is 0.562. The number of hydrogen-bond donors (Lipinski definition) is 1. The molecule has 1 unspecified atom stereocenters. The fourth-order valence-electron chi connectivity index (χ4n) is 1.22. The Morgan fingerprint density at radius 2 is 1.65 bits per heavy atom. The zero-order valence-electron chi connectivity index (χ0n) is 13.7. The molecule has 20 heavy (non-hydrogen) atoms. The first-order valence-electron chi connectivity index (χ1n) is 7.23. The van der Waals surface area contributed by atoms with Gasteiger partial charge in [-0.1, -0.05) is 58.0 Å². The molecule has 1 aromatic rings. The van der Waals surface area contributed by atoms with Gasteiger partial charge in [-0.05, 0) is 19.7 Å². The Morgan fingerprint density at radius 1 is 1.15 bits per heavy atom. The van der Waals surface area contributed by atoms with Crippen LogP contribution in [0.3, 0.4) is 0 Å². The summed E-state index contributed by atoms with van der Waals surface area (Å²) in [6, 6.07) is 8.52. The third-order valence-corrected chi connectivity index (χ3v) is 2.20. The predicted molar refractivity (Wildman–Crippen MR) is 85.6 cm³/mol. The minimum absolute atomic E-state index is 0.367. The lowest BCUT2D eigenvalue weighted by atomic mass is 10.1. The first kappa shape index (κ1) is 20.9. The molecule has 0 aliphatic heterocycles. The van der Waals surface area contributed by atoms with E-state index in [1.54, 1.807) is 0 Å². The van der Waals surface area contributed by atoms with Gasteiger partial charge in [0.15, 0.2) is 0 Å². The van der Waals surface area contributed by atoms with Gasteiger partial charge in [0.25, 0.3) is 0 Å². The maximum atomic E-state index is 11.6. The molecule has 1 rings (SSSR count). The van der Waals surface area contributed by atoms with Crippen LogP contribution in [0.15, 0.2) is 30.3 Å². The molecule has 0 aliphatic carbocycles. The van der Waals surface area contributed by atoms with Crippen molar-refractivity contribution in [2.75, 3.05) is 27.2 Å². The second kappa shape index (κ2) is 14.0. The van der Waals surface area contributed by atoms with Gasteiger partial charge in [0.05, 0.1) is 0 Å². The van der Waals surface area contributed by atoms with E-state index in [2.05, 4.69) is 0 Å². The predicted octanol–water partition coefficient (Wildman–Crippen LogP) is 2.84. The Bertz CT molecular complexity index is 327. The van der Waals surface area contributed by atoms with E-state index in [4.69, 9.17) is 10.5 Å². The monoisotopic (exact) mass is 282 g/mol. The van der Waals surface area contributed by atoms with Crippen molar-refractivity contribution >= 4 is 5.97 Å². The van der Waals surface area contributed by atoms with Crippen LogP contribution < -0.4 is 5.73 Å². The number of esters is 1. The van der Waals surface area contributed by atoms with Crippen LogP contribution in [0.1, 0.15) is 39.3 Å². The van der Waals surface area contributed by atoms with E-state index in [1.807, 2.05) is 77.0 Å². The van der Waals surface area contributed by atoms with Gasteiger partial charge in [0, 0.05) is 6.54 Å². The van der Waals surface area contributed by atoms with E-state index in [0.29, 0.717) is 13.2 Å². The molecule has 0 bridgehead atoms. The van der Waals surface area contributed by atoms with Gasteiger partial charge < -0.3 is 15.4 Å². The second-order valence-electron chi connectivity index (χ2n) is 3.86. The van der Waals surface area contributed by atoms with Crippen molar-refractivity contribution in [3.63, 3.8) is 0 Å². The summed E-state index contributed by atoms with van der Waals surface area (Å²) in [7, 11) is 3.84. The summed E-state index contributed by atoms with van der Waals surface area (Å²) in [5.41, 5.74) is 6.54. The highest BCUT2D eigenvalue weighted by Gasteiger charge is 2.16. The third kappa shape index (κ3) is 9.53. The lowest BCUT2D eigenvalue weighted by Crippen LogP contribution is -2.27. The topological polar surface area (TPSA) is 55.6 Å². The summed E-state index contributed by atoms with van der Waals surface area (Å²) >= 11 is 0. The lowest BCUT2D eigenvalue weighted by molar-refractivity contribution is -0.145. The Hall–Kier alpha value is -1.39. The molecule has 0 amide bonds. The van der Waals surface area contributed by atoms with Crippen molar-refractivity contribution in [2.45, 2.75) is 33.7 Å². The van der Waals surface area contributed by atoms with Crippen molar-refractivity contribution in [1.82, 2.24) is 4.90 Å². The van der Waals surface area contributed by atoms with Crippen LogP contribution in [-0.4, -0.2) is 38.1 Å². The minimum Gasteiger partial charge on any atom is -0.463 e. The number of ether oxygens (including phenoxy) is 1. The highest BCUT2D eigenvalue weighted by Crippen LogP contribution is 2.10. The third-order valence-electron chi connectivity index (χ3n) is 2.20. The molecule has 1 aromatic carbocycles. The number of hydrogen-bond acceptors (Lipinski definition) is 4. The van der Waals surface area contributed by atoms with E-state index in [9.17, 15) is 4.79 Å². The molecule has 0 saturated heterocycles. The molecule has 0 aliphatic rings. The summed E-state index contributed by atoms with van der Waals surface area (Å²) < 4.78 is 5.06. The SMILES string of the molecule is CC.CC.CN(C)CCOC(=O)C(N)c1ccccc1. The normalized spacial score (nSPS) is 10.6. The number of likely N-dealkylation sites (N-methyl/N-ethyl adjacent to an activating group) is 1. The molecular weight excluding hydrogens is 252 g/mol. The molecule has 0 fully saturated rings. The van der Waals surface area contributed by atoms with Crippen LogP contribution in [-0.2, 0) is 9.53 Å². The number of nitrogens with zero attached hydrogens (tertiary/aromatic N) is 1. The summed E-state index contributed by atoms with van der Waals surface area (Å²) in [6.07, 6.45) is 0. The number of carbonyl (C=O) groups is 1. The van der Waals surface area contributed by atoms with Gasteiger partial charge in [-0.25, -0.2) is 4.79 Å². The summed E-state index contributed by atoms with van der Waals surface area (Å²) in [6.45, 7) is 9.07. The molecule has 2 N–H and O–H groups in total. The van der Waals surface area contributed by atoms with Crippen molar-refractivity contribution in [2.24, 2.45) is 5.73 Å².